The summed E-state index contributed by atoms with van der Waals surface area (Å²) < 4.78 is 0. The van der Waals surface area contributed by atoms with Crippen molar-refractivity contribution in [2.75, 3.05) is 6.54 Å². The summed E-state index contributed by atoms with van der Waals surface area (Å²) in [5.74, 6) is -0.123. The molecule has 0 aliphatic rings. The van der Waals surface area contributed by atoms with Crippen molar-refractivity contribution in [2.24, 2.45) is 0 Å². The van der Waals surface area contributed by atoms with Crippen molar-refractivity contribution in [3.05, 3.63) is 21.3 Å². The van der Waals surface area contributed by atoms with Crippen molar-refractivity contribution in [1.29, 1.82) is 0 Å². The van der Waals surface area contributed by atoms with E-state index in [9.17, 15) is 4.79 Å². The quantitative estimate of drug-likeness (QED) is 0.819. The molecule has 78 valence electrons. The summed E-state index contributed by atoms with van der Waals surface area (Å²) in [4.78, 5) is 12.0. The molecular weight excluding hydrogens is 241 g/mol. The normalized spacial score (nSPS) is 12.5. The van der Waals surface area contributed by atoms with Crippen LogP contribution in [0.25, 0.3) is 0 Å². The van der Waals surface area contributed by atoms with Crippen molar-refractivity contribution < 1.29 is 4.79 Å². The molecule has 5 heteroatoms. The minimum atomic E-state index is -0.123. The summed E-state index contributed by atoms with van der Waals surface area (Å²) in [6.45, 7) is 2.48. The van der Waals surface area contributed by atoms with Crippen molar-refractivity contribution in [3.63, 3.8) is 0 Å². The lowest BCUT2D eigenvalue weighted by atomic mass is 10.3. The van der Waals surface area contributed by atoms with Gasteiger partial charge in [-0.25, -0.2) is 0 Å². The molecule has 0 aromatic carbocycles. The van der Waals surface area contributed by atoms with E-state index < -0.39 is 0 Å². The number of amides is 1. The third-order valence-electron chi connectivity index (χ3n) is 1.65. The second-order valence-electron chi connectivity index (χ2n) is 2.92. The molecule has 1 heterocycles. The van der Waals surface area contributed by atoms with Crippen LogP contribution in [0.5, 0.6) is 0 Å². The minimum Gasteiger partial charge on any atom is -0.351 e. The molecule has 1 unspecified atom stereocenters. The summed E-state index contributed by atoms with van der Waals surface area (Å²) in [7, 11) is 0. The first-order valence-electron chi connectivity index (χ1n) is 4.26. The van der Waals surface area contributed by atoms with Crippen LogP contribution in [0, 0.1) is 0 Å². The predicted octanol–water partition coefficient (Wildman–Crippen LogP) is 3.15. The molecule has 1 rings (SSSR count). The third-order valence-corrected chi connectivity index (χ3v) is 3.21. The number of nitrogens with one attached hydrogen (secondary N) is 1. The highest BCUT2D eigenvalue weighted by Crippen LogP contribution is 2.21. The van der Waals surface area contributed by atoms with Gasteiger partial charge in [0.2, 0.25) is 0 Å². The first-order chi connectivity index (χ1) is 6.61. The fraction of sp³-hybridized carbons (Fsp3) is 0.444. The van der Waals surface area contributed by atoms with Crippen molar-refractivity contribution >= 4 is 40.4 Å². The number of hydrogen-bond acceptors (Lipinski definition) is 2. The van der Waals surface area contributed by atoms with Gasteiger partial charge in [0.05, 0.1) is 5.02 Å². The van der Waals surface area contributed by atoms with Gasteiger partial charge in [-0.05, 0) is 24.8 Å². The molecule has 0 fully saturated rings. The Balaban J connectivity index is 2.40. The molecule has 0 saturated carbocycles. The van der Waals surface area contributed by atoms with Crippen LogP contribution in [0.2, 0.25) is 5.02 Å². The van der Waals surface area contributed by atoms with Gasteiger partial charge < -0.3 is 5.32 Å². The van der Waals surface area contributed by atoms with E-state index in [1.807, 2.05) is 6.92 Å². The Hall–Kier alpha value is -0.250. The van der Waals surface area contributed by atoms with E-state index in [0.29, 0.717) is 16.4 Å². The Morgan fingerprint density at radius 2 is 2.43 bits per heavy atom. The zero-order valence-corrected chi connectivity index (χ0v) is 10.0. The summed E-state index contributed by atoms with van der Waals surface area (Å²) in [6.07, 6.45) is 0.760. The Kier molecular flexibility index (Phi) is 4.72. The molecule has 1 amide bonds. The van der Waals surface area contributed by atoms with E-state index in [0.717, 1.165) is 6.42 Å². The standard InChI is InChI=1S/C9H11Cl2NOS/c1-6(10)2-4-12-9(13)8-7(11)3-5-14-8/h3,5-6H,2,4H2,1H3,(H,12,13). The van der Waals surface area contributed by atoms with E-state index in [1.165, 1.54) is 11.3 Å². The van der Waals surface area contributed by atoms with Crippen LogP contribution in [0.3, 0.4) is 0 Å². The van der Waals surface area contributed by atoms with Crippen LogP contribution in [-0.4, -0.2) is 17.8 Å². The summed E-state index contributed by atoms with van der Waals surface area (Å²) >= 11 is 12.9. The average Bonchev–Trinajstić information content (AvgIpc) is 2.50. The molecule has 14 heavy (non-hydrogen) atoms. The van der Waals surface area contributed by atoms with Gasteiger partial charge in [-0.2, -0.15) is 0 Å². The Labute approximate surface area is 97.2 Å². The Bertz CT molecular complexity index is 312. The second kappa shape index (κ2) is 5.59. The number of hydrogen-bond donors (Lipinski definition) is 1. The maximum Gasteiger partial charge on any atom is 0.262 e. The molecule has 2 nitrogen and oxygen atoms in total. The van der Waals surface area contributed by atoms with Crippen molar-refractivity contribution in [2.45, 2.75) is 18.7 Å². The topological polar surface area (TPSA) is 29.1 Å². The largest absolute Gasteiger partial charge is 0.351 e. The number of carbonyl (C=O) groups is 1. The second-order valence-corrected chi connectivity index (χ2v) is 4.99. The van der Waals surface area contributed by atoms with E-state index in [2.05, 4.69) is 5.32 Å². The highest BCUT2D eigenvalue weighted by Gasteiger charge is 2.10. The lowest BCUT2D eigenvalue weighted by molar-refractivity contribution is 0.0957. The first-order valence-corrected chi connectivity index (χ1v) is 5.96. The number of rotatable bonds is 4. The van der Waals surface area contributed by atoms with E-state index in [4.69, 9.17) is 23.2 Å². The maximum absolute atomic E-state index is 11.5. The van der Waals surface area contributed by atoms with Crippen molar-refractivity contribution in [3.8, 4) is 0 Å². The fourth-order valence-corrected chi connectivity index (χ4v) is 2.09. The number of thiophene rings is 1. The zero-order chi connectivity index (χ0) is 10.6. The molecule has 0 radical (unpaired) electrons. The lowest BCUT2D eigenvalue weighted by Crippen LogP contribution is -2.25. The Morgan fingerprint density at radius 1 is 1.71 bits per heavy atom. The Morgan fingerprint density at radius 3 is 2.93 bits per heavy atom. The number of halogens is 2. The third kappa shape index (κ3) is 3.48. The van der Waals surface area contributed by atoms with Gasteiger partial charge in [0.25, 0.3) is 5.91 Å². The molecular formula is C9H11Cl2NOS. The molecule has 0 aliphatic carbocycles. The highest BCUT2D eigenvalue weighted by molar-refractivity contribution is 7.12. The molecule has 1 aromatic heterocycles. The van der Waals surface area contributed by atoms with Gasteiger partial charge in [0, 0.05) is 11.9 Å². The molecule has 0 bridgehead atoms. The van der Waals surface area contributed by atoms with Gasteiger partial charge in [0.1, 0.15) is 4.88 Å². The van der Waals surface area contributed by atoms with E-state index in [1.54, 1.807) is 11.4 Å². The van der Waals surface area contributed by atoms with Gasteiger partial charge in [-0.1, -0.05) is 11.6 Å². The summed E-state index contributed by atoms with van der Waals surface area (Å²) in [5.41, 5.74) is 0. The summed E-state index contributed by atoms with van der Waals surface area (Å²) in [6, 6.07) is 1.71. The highest BCUT2D eigenvalue weighted by atomic mass is 35.5. The molecule has 1 aromatic rings. The van der Waals surface area contributed by atoms with Gasteiger partial charge in [0.15, 0.2) is 0 Å². The molecule has 0 aliphatic heterocycles. The monoisotopic (exact) mass is 251 g/mol. The molecule has 1 N–H and O–H groups in total. The van der Waals surface area contributed by atoms with Crippen LogP contribution in [0.4, 0.5) is 0 Å². The maximum atomic E-state index is 11.5. The van der Waals surface area contributed by atoms with Crippen LogP contribution < -0.4 is 5.32 Å². The van der Waals surface area contributed by atoms with Gasteiger partial charge >= 0.3 is 0 Å². The molecule has 1 atom stereocenters. The van der Waals surface area contributed by atoms with Gasteiger partial charge in [-0.3, -0.25) is 4.79 Å². The first kappa shape index (κ1) is 11.8. The minimum absolute atomic E-state index is 0.0779. The van der Waals surface area contributed by atoms with Crippen LogP contribution in [0.15, 0.2) is 11.4 Å². The zero-order valence-electron chi connectivity index (χ0n) is 7.72. The number of alkyl halides is 1. The van der Waals surface area contributed by atoms with Gasteiger partial charge in [-0.15, -0.1) is 22.9 Å². The smallest absolute Gasteiger partial charge is 0.262 e. The SMILES string of the molecule is CC(Cl)CCNC(=O)c1sccc1Cl. The average molecular weight is 252 g/mol. The van der Waals surface area contributed by atoms with Crippen LogP contribution in [0.1, 0.15) is 23.0 Å². The number of carbonyl (C=O) groups excluding carboxylic acids is 1. The summed E-state index contributed by atoms with van der Waals surface area (Å²) in [5, 5.41) is 5.14. The lowest BCUT2D eigenvalue weighted by Gasteiger charge is -2.04. The van der Waals surface area contributed by atoms with Crippen LogP contribution >= 0.6 is 34.5 Å². The fourth-order valence-electron chi connectivity index (χ4n) is 0.921. The molecule has 0 saturated heterocycles. The van der Waals surface area contributed by atoms with E-state index >= 15 is 0 Å². The van der Waals surface area contributed by atoms with Crippen LogP contribution in [-0.2, 0) is 0 Å². The molecule has 0 spiro atoms. The van der Waals surface area contributed by atoms with Crippen molar-refractivity contribution in [1.82, 2.24) is 5.32 Å². The predicted molar refractivity (Wildman–Crippen MR) is 61.6 cm³/mol. The van der Waals surface area contributed by atoms with E-state index in [-0.39, 0.29) is 11.3 Å².